The second-order valence-electron chi connectivity index (χ2n) is 5.35. The van der Waals surface area contributed by atoms with Crippen molar-refractivity contribution in [2.24, 2.45) is 0 Å². The maximum atomic E-state index is 13.3. The van der Waals surface area contributed by atoms with Gasteiger partial charge in [0.25, 0.3) is 0 Å². The van der Waals surface area contributed by atoms with Crippen molar-refractivity contribution in [3.05, 3.63) is 84.6 Å². The van der Waals surface area contributed by atoms with E-state index in [0.29, 0.717) is 0 Å². The smallest absolute Gasteiger partial charge is 0.125 e. The van der Waals surface area contributed by atoms with Gasteiger partial charge in [0.05, 0.1) is 16.9 Å². The van der Waals surface area contributed by atoms with Crippen LogP contribution in [-0.4, -0.2) is 14.8 Å². The van der Waals surface area contributed by atoms with Crippen molar-refractivity contribution in [1.82, 2.24) is 14.8 Å². The molecule has 118 valence electrons. The van der Waals surface area contributed by atoms with Crippen molar-refractivity contribution in [2.75, 3.05) is 0 Å². The fourth-order valence-corrected chi connectivity index (χ4v) is 3.49. The molecule has 3 nitrogen and oxygen atoms in total. The zero-order chi connectivity index (χ0) is 16.4. The number of nitrogens with zero attached hydrogens (tertiary/aromatic N) is 3. The first-order valence-corrected chi connectivity index (χ1v) is 8.55. The third-order valence-electron chi connectivity index (χ3n) is 3.70. The number of para-hydroxylation sites is 1. The summed E-state index contributed by atoms with van der Waals surface area (Å²) in [6.45, 7) is 0. The molecule has 0 spiro atoms. The van der Waals surface area contributed by atoms with Gasteiger partial charge in [-0.05, 0) is 36.4 Å². The van der Waals surface area contributed by atoms with Crippen molar-refractivity contribution in [2.45, 2.75) is 10.6 Å². The third kappa shape index (κ3) is 3.03. The van der Waals surface area contributed by atoms with Crippen molar-refractivity contribution < 1.29 is 4.39 Å². The number of pyridine rings is 1. The molecule has 0 aliphatic heterocycles. The summed E-state index contributed by atoms with van der Waals surface area (Å²) in [5.41, 5.74) is 2.67. The molecular formula is C19H14FN3S. The standard InChI is InChI=1S/C19H14FN3S/c20-14-4-3-5-16(12-14)23-11-9-15(22-23)13-24-19-8-10-21-18-7-2-1-6-17(18)19/h1-12H,13H2. The molecule has 0 radical (unpaired) electrons. The molecule has 0 atom stereocenters. The average Bonchev–Trinajstić information content (AvgIpc) is 3.09. The molecule has 5 heteroatoms. The quantitative estimate of drug-likeness (QED) is 0.499. The number of fused-ring (bicyclic) bond motifs is 1. The number of hydrogen-bond acceptors (Lipinski definition) is 3. The molecule has 0 N–H and O–H groups in total. The highest BCUT2D eigenvalue weighted by Crippen LogP contribution is 2.28. The lowest BCUT2D eigenvalue weighted by Crippen LogP contribution is -1.96. The van der Waals surface area contributed by atoms with E-state index in [2.05, 4.69) is 16.1 Å². The topological polar surface area (TPSA) is 30.7 Å². The van der Waals surface area contributed by atoms with Gasteiger partial charge in [-0.3, -0.25) is 4.98 Å². The molecule has 0 aliphatic carbocycles. The van der Waals surface area contributed by atoms with Gasteiger partial charge in [0.1, 0.15) is 5.82 Å². The number of aromatic nitrogens is 3. The van der Waals surface area contributed by atoms with Gasteiger partial charge in [-0.1, -0.05) is 24.3 Å². The summed E-state index contributed by atoms with van der Waals surface area (Å²) in [4.78, 5) is 5.56. The molecule has 0 unspecified atom stereocenters. The van der Waals surface area contributed by atoms with E-state index in [9.17, 15) is 4.39 Å². The highest BCUT2D eigenvalue weighted by Gasteiger charge is 2.06. The molecule has 0 saturated carbocycles. The maximum Gasteiger partial charge on any atom is 0.125 e. The zero-order valence-corrected chi connectivity index (χ0v) is 13.6. The van der Waals surface area contributed by atoms with Crippen LogP contribution >= 0.6 is 11.8 Å². The molecule has 0 aliphatic rings. The monoisotopic (exact) mass is 335 g/mol. The van der Waals surface area contributed by atoms with Crippen LogP contribution in [-0.2, 0) is 5.75 Å². The SMILES string of the molecule is Fc1cccc(-n2ccc(CSc3ccnc4ccccc34)n2)c1. The van der Waals surface area contributed by atoms with Crippen LogP contribution in [0.25, 0.3) is 16.6 Å². The fraction of sp³-hybridized carbons (Fsp3) is 0.0526. The summed E-state index contributed by atoms with van der Waals surface area (Å²) in [6, 6.07) is 18.5. The number of rotatable bonds is 4. The van der Waals surface area contributed by atoms with Crippen LogP contribution < -0.4 is 0 Å². The minimum atomic E-state index is -0.262. The van der Waals surface area contributed by atoms with Crippen molar-refractivity contribution >= 4 is 22.7 Å². The number of halogens is 1. The Bertz CT molecular complexity index is 991. The van der Waals surface area contributed by atoms with Gasteiger partial charge in [-0.25, -0.2) is 9.07 Å². The Hall–Kier alpha value is -2.66. The summed E-state index contributed by atoms with van der Waals surface area (Å²) >= 11 is 1.72. The van der Waals surface area contributed by atoms with Gasteiger partial charge in [0.2, 0.25) is 0 Å². The Balaban J connectivity index is 1.54. The van der Waals surface area contributed by atoms with E-state index in [4.69, 9.17) is 0 Å². The Morgan fingerprint density at radius 3 is 2.83 bits per heavy atom. The minimum Gasteiger partial charge on any atom is -0.256 e. The summed E-state index contributed by atoms with van der Waals surface area (Å²) < 4.78 is 15.0. The molecule has 24 heavy (non-hydrogen) atoms. The summed E-state index contributed by atoms with van der Waals surface area (Å²) in [6.07, 6.45) is 3.69. The zero-order valence-electron chi connectivity index (χ0n) is 12.8. The third-order valence-corrected chi connectivity index (χ3v) is 4.81. The molecule has 4 rings (SSSR count). The molecule has 2 heterocycles. The van der Waals surface area contributed by atoms with Crippen molar-refractivity contribution in [3.8, 4) is 5.69 Å². The lowest BCUT2D eigenvalue weighted by atomic mass is 10.2. The molecule has 2 aromatic heterocycles. The van der Waals surface area contributed by atoms with Gasteiger partial charge in [-0.15, -0.1) is 11.8 Å². The molecular weight excluding hydrogens is 321 g/mol. The van der Waals surface area contributed by atoms with Gasteiger partial charge < -0.3 is 0 Å². The second kappa shape index (κ2) is 6.45. The Labute approximate surface area is 143 Å². The van der Waals surface area contributed by atoms with E-state index in [1.54, 1.807) is 22.5 Å². The van der Waals surface area contributed by atoms with Crippen molar-refractivity contribution in [1.29, 1.82) is 0 Å². The van der Waals surface area contributed by atoms with E-state index in [1.165, 1.54) is 17.0 Å². The van der Waals surface area contributed by atoms with E-state index >= 15 is 0 Å². The van der Waals surface area contributed by atoms with Crippen LogP contribution in [0.5, 0.6) is 0 Å². The van der Waals surface area contributed by atoms with E-state index in [-0.39, 0.29) is 5.82 Å². The van der Waals surface area contributed by atoms with Crippen LogP contribution in [0.1, 0.15) is 5.69 Å². The van der Waals surface area contributed by atoms with Gasteiger partial charge >= 0.3 is 0 Å². The van der Waals surface area contributed by atoms with Crippen molar-refractivity contribution in [3.63, 3.8) is 0 Å². The Morgan fingerprint density at radius 1 is 1.00 bits per heavy atom. The number of benzene rings is 2. The summed E-state index contributed by atoms with van der Waals surface area (Å²) in [5, 5.41) is 5.68. The predicted octanol–water partition coefficient (Wildman–Crippen LogP) is 4.85. The first-order valence-electron chi connectivity index (χ1n) is 7.57. The normalized spacial score (nSPS) is 11.0. The minimum absolute atomic E-state index is 0.262. The second-order valence-corrected chi connectivity index (χ2v) is 6.36. The van der Waals surface area contributed by atoms with Gasteiger partial charge in [-0.2, -0.15) is 5.10 Å². The van der Waals surface area contributed by atoms with Gasteiger partial charge in [0, 0.05) is 28.4 Å². The van der Waals surface area contributed by atoms with Crippen LogP contribution in [0.2, 0.25) is 0 Å². The van der Waals surface area contributed by atoms with Crippen LogP contribution in [0.15, 0.2) is 78.0 Å². The Morgan fingerprint density at radius 2 is 1.92 bits per heavy atom. The maximum absolute atomic E-state index is 13.3. The van der Waals surface area contributed by atoms with Crippen LogP contribution in [0, 0.1) is 5.82 Å². The first-order chi connectivity index (χ1) is 11.8. The summed E-state index contributed by atoms with van der Waals surface area (Å²) in [7, 11) is 0. The predicted molar refractivity (Wildman–Crippen MR) is 94.8 cm³/mol. The highest BCUT2D eigenvalue weighted by molar-refractivity contribution is 7.98. The first kappa shape index (κ1) is 14.9. The molecule has 0 bridgehead atoms. The van der Waals surface area contributed by atoms with Gasteiger partial charge in [0.15, 0.2) is 0 Å². The molecule has 4 aromatic rings. The molecule has 0 amide bonds. The fourth-order valence-electron chi connectivity index (χ4n) is 2.55. The molecule has 0 saturated heterocycles. The molecule has 2 aromatic carbocycles. The molecule has 0 fully saturated rings. The summed E-state index contributed by atoms with van der Waals surface area (Å²) in [5.74, 6) is 0.484. The largest absolute Gasteiger partial charge is 0.256 e. The van der Waals surface area contributed by atoms with Crippen LogP contribution in [0.4, 0.5) is 4.39 Å². The number of thioether (sulfide) groups is 1. The lowest BCUT2D eigenvalue weighted by molar-refractivity contribution is 0.625. The Kier molecular flexibility index (Phi) is 4.01. The van der Waals surface area contributed by atoms with E-state index in [1.807, 2.05) is 48.8 Å². The average molecular weight is 335 g/mol. The number of hydrogen-bond donors (Lipinski definition) is 0. The van der Waals surface area contributed by atoms with E-state index < -0.39 is 0 Å². The van der Waals surface area contributed by atoms with Crippen LogP contribution in [0.3, 0.4) is 0 Å². The highest BCUT2D eigenvalue weighted by atomic mass is 32.2. The van der Waals surface area contributed by atoms with E-state index in [0.717, 1.165) is 28.0 Å². The lowest BCUT2D eigenvalue weighted by Gasteiger charge is -2.04.